The molecule has 3 heterocycles. The number of imidazole rings is 1. The van der Waals surface area contributed by atoms with Crippen molar-refractivity contribution in [1.82, 2.24) is 19.5 Å². The fourth-order valence-corrected chi connectivity index (χ4v) is 1.97. The number of fused-ring (bicyclic) bond motifs is 1. The molecule has 0 aromatic carbocycles. The first kappa shape index (κ1) is 12.5. The SMILES string of the molecule is CC(=O)OC[C@@H]1C=C[C@H](n2cnc3c(O)ncnc32)O1. The highest BCUT2D eigenvalue weighted by Gasteiger charge is 2.23. The second kappa shape index (κ2) is 4.89. The van der Waals surface area contributed by atoms with Gasteiger partial charge in [-0.3, -0.25) is 9.36 Å². The van der Waals surface area contributed by atoms with Crippen LogP contribution in [0.15, 0.2) is 24.8 Å². The highest BCUT2D eigenvalue weighted by atomic mass is 16.6. The first-order valence-electron chi connectivity index (χ1n) is 5.99. The second-order valence-corrected chi connectivity index (χ2v) is 4.27. The lowest BCUT2D eigenvalue weighted by Crippen LogP contribution is -2.18. The van der Waals surface area contributed by atoms with Gasteiger partial charge < -0.3 is 14.6 Å². The Labute approximate surface area is 113 Å². The quantitative estimate of drug-likeness (QED) is 0.645. The molecule has 0 spiro atoms. The molecule has 0 saturated heterocycles. The third-order valence-electron chi connectivity index (χ3n) is 2.87. The van der Waals surface area contributed by atoms with Crippen LogP contribution in [0.2, 0.25) is 0 Å². The summed E-state index contributed by atoms with van der Waals surface area (Å²) in [5, 5.41) is 9.58. The number of hydrogen-bond acceptors (Lipinski definition) is 7. The minimum atomic E-state index is -0.408. The molecular formula is C12H12N4O4. The van der Waals surface area contributed by atoms with Crippen LogP contribution in [0.3, 0.4) is 0 Å². The number of aromatic hydroxyl groups is 1. The summed E-state index contributed by atoms with van der Waals surface area (Å²) in [6.07, 6.45) is 5.67. The number of ether oxygens (including phenoxy) is 2. The summed E-state index contributed by atoms with van der Waals surface area (Å²) in [6.45, 7) is 1.51. The van der Waals surface area contributed by atoms with Gasteiger partial charge in [0.2, 0.25) is 5.88 Å². The maximum Gasteiger partial charge on any atom is 0.302 e. The largest absolute Gasteiger partial charge is 0.492 e. The molecule has 2 aromatic heterocycles. The fourth-order valence-electron chi connectivity index (χ4n) is 1.97. The summed E-state index contributed by atoms with van der Waals surface area (Å²) in [4.78, 5) is 22.6. The Balaban J connectivity index is 1.79. The molecule has 2 aromatic rings. The number of nitrogens with zero attached hydrogens (tertiary/aromatic N) is 4. The Morgan fingerprint density at radius 2 is 2.30 bits per heavy atom. The lowest BCUT2D eigenvalue weighted by Gasteiger charge is -2.15. The van der Waals surface area contributed by atoms with Crippen molar-refractivity contribution in [1.29, 1.82) is 0 Å². The van der Waals surface area contributed by atoms with Gasteiger partial charge in [-0.1, -0.05) is 6.08 Å². The highest BCUT2D eigenvalue weighted by Crippen LogP contribution is 2.26. The van der Waals surface area contributed by atoms with Crippen LogP contribution in [0, 0.1) is 0 Å². The Morgan fingerprint density at radius 3 is 3.10 bits per heavy atom. The molecule has 0 amide bonds. The maximum atomic E-state index is 10.8. The van der Waals surface area contributed by atoms with E-state index in [-0.39, 0.29) is 24.6 Å². The summed E-state index contributed by atoms with van der Waals surface area (Å²) >= 11 is 0. The van der Waals surface area contributed by atoms with Gasteiger partial charge in [0, 0.05) is 6.92 Å². The first-order chi connectivity index (χ1) is 9.65. The lowest BCUT2D eigenvalue weighted by molar-refractivity contribution is -0.144. The van der Waals surface area contributed by atoms with E-state index in [0.29, 0.717) is 11.2 Å². The van der Waals surface area contributed by atoms with Crippen molar-refractivity contribution in [2.24, 2.45) is 0 Å². The van der Waals surface area contributed by atoms with Gasteiger partial charge in [-0.15, -0.1) is 0 Å². The molecule has 0 saturated carbocycles. The monoisotopic (exact) mass is 276 g/mol. The molecule has 1 aliphatic heterocycles. The molecule has 8 heteroatoms. The van der Waals surface area contributed by atoms with E-state index in [1.165, 1.54) is 19.6 Å². The third kappa shape index (κ3) is 2.21. The Kier molecular flexibility index (Phi) is 3.07. The third-order valence-corrected chi connectivity index (χ3v) is 2.87. The van der Waals surface area contributed by atoms with Gasteiger partial charge in [0.1, 0.15) is 19.0 Å². The lowest BCUT2D eigenvalue weighted by atomic mass is 10.4. The molecule has 0 aliphatic carbocycles. The van der Waals surface area contributed by atoms with Crippen LogP contribution in [-0.4, -0.2) is 43.3 Å². The number of rotatable bonds is 3. The summed E-state index contributed by atoms with van der Waals surface area (Å²) < 4.78 is 12.3. The molecule has 1 N–H and O–H groups in total. The number of carbonyl (C=O) groups excluding carboxylic acids is 1. The van der Waals surface area contributed by atoms with Crippen LogP contribution in [-0.2, 0) is 14.3 Å². The molecule has 1 aliphatic rings. The van der Waals surface area contributed by atoms with Crippen molar-refractivity contribution in [2.45, 2.75) is 19.3 Å². The van der Waals surface area contributed by atoms with Gasteiger partial charge in [-0.25, -0.2) is 9.97 Å². The van der Waals surface area contributed by atoms with E-state index in [2.05, 4.69) is 15.0 Å². The molecule has 0 radical (unpaired) electrons. The average molecular weight is 276 g/mol. The molecule has 0 bridgehead atoms. The van der Waals surface area contributed by atoms with E-state index in [1.807, 2.05) is 6.08 Å². The van der Waals surface area contributed by atoms with Gasteiger partial charge in [0.05, 0.1) is 6.33 Å². The van der Waals surface area contributed by atoms with E-state index in [1.54, 1.807) is 10.6 Å². The van der Waals surface area contributed by atoms with E-state index in [4.69, 9.17) is 9.47 Å². The van der Waals surface area contributed by atoms with Gasteiger partial charge in [0.25, 0.3) is 0 Å². The van der Waals surface area contributed by atoms with E-state index >= 15 is 0 Å². The van der Waals surface area contributed by atoms with E-state index in [9.17, 15) is 9.90 Å². The minimum absolute atomic E-state index is 0.162. The van der Waals surface area contributed by atoms with Crippen molar-refractivity contribution >= 4 is 17.1 Å². The van der Waals surface area contributed by atoms with Crippen molar-refractivity contribution in [2.75, 3.05) is 6.61 Å². The zero-order valence-electron chi connectivity index (χ0n) is 10.6. The Hall–Kier alpha value is -2.48. The highest BCUT2D eigenvalue weighted by molar-refractivity contribution is 5.75. The Morgan fingerprint density at radius 1 is 1.45 bits per heavy atom. The topological polar surface area (TPSA) is 99.4 Å². The number of aromatic nitrogens is 4. The van der Waals surface area contributed by atoms with E-state index in [0.717, 1.165) is 0 Å². The zero-order valence-corrected chi connectivity index (χ0v) is 10.6. The van der Waals surface area contributed by atoms with Crippen LogP contribution in [0.25, 0.3) is 11.2 Å². The molecule has 20 heavy (non-hydrogen) atoms. The predicted molar refractivity (Wildman–Crippen MR) is 66.7 cm³/mol. The van der Waals surface area contributed by atoms with Crippen molar-refractivity contribution < 1.29 is 19.4 Å². The first-order valence-corrected chi connectivity index (χ1v) is 5.99. The molecule has 8 nitrogen and oxygen atoms in total. The second-order valence-electron chi connectivity index (χ2n) is 4.27. The van der Waals surface area contributed by atoms with Crippen LogP contribution in [0.5, 0.6) is 5.88 Å². The maximum absolute atomic E-state index is 10.8. The molecule has 104 valence electrons. The van der Waals surface area contributed by atoms with Gasteiger partial charge in [-0.05, 0) is 6.08 Å². The normalized spacial score (nSPS) is 21.4. The fraction of sp³-hybridized carbons (Fsp3) is 0.333. The van der Waals surface area contributed by atoms with Crippen LogP contribution in [0.1, 0.15) is 13.2 Å². The van der Waals surface area contributed by atoms with Gasteiger partial charge in [-0.2, -0.15) is 4.98 Å². The van der Waals surface area contributed by atoms with Crippen molar-refractivity contribution in [3.63, 3.8) is 0 Å². The van der Waals surface area contributed by atoms with Gasteiger partial charge >= 0.3 is 5.97 Å². The molecular weight excluding hydrogens is 264 g/mol. The number of esters is 1. The Bertz CT molecular complexity index is 681. The molecule has 0 unspecified atom stereocenters. The van der Waals surface area contributed by atoms with Crippen molar-refractivity contribution in [3.8, 4) is 5.88 Å². The number of carbonyl (C=O) groups is 1. The minimum Gasteiger partial charge on any atom is -0.492 e. The molecule has 2 atom stereocenters. The van der Waals surface area contributed by atoms with Crippen LogP contribution < -0.4 is 0 Å². The standard InChI is InChI=1S/C12H12N4O4/c1-7(17)19-4-8-2-3-9(20-8)16-6-15-10-11(16)13-5-14-12(10)18/h2-3,5-6,8-9H,4H2,1H3,(H,13,14,18)/t8-,9+/m0/s1. The van der Waals surface area contributed by atoms with Crippen LogP contribution >= 0.6 is 0 Å². The van der Waals surface area contributed by atoms with Crippen molar-refractivity contribution in [3.05, 3.63) is 24.8 Å². The molecule has 0 fully saturated rings. The summed E-state index contributed by atoms with van der Waals surface area (Å²) in [7, 11) is 0. The number of hydrogen-bond donors (Lipinski definition) is 1. The zero-order chi connectivity index (χ0) is 14.1. The predicted octanol–water partition coefficient (Wildman–Crippen LogP) is 0.549. The summed E-state index contributed by atoms with van der Waals surface area (Å²) in [5.74, 6) is -0.525. The molecule has 3 rings (SSSR count). The average Bonchev–Trinajstić information content (AvgIpc) is 3.02. The summed E-state index contributed by atoms with van der Waals surface area (Å²) in [5.41, 5.74) is 0.785. The smallest absolute Gasteiger partial charge is 0.302 e. The van der Waals surface area contributed by atoms with Gasteiger partial charge in [0.15, 0.2) is 17.4 Å². The summed E-state index contributed by atoms with van der Waals surface area (Å²) in [6, 6.07) is 0. The van der Waals surface area contributed by atoms with Crippen LogP contribution in [0.4, 0.5) is 0 Å². The van der Waals surface area contributed by atoms with E-state index < -0.39 is 6.23 Å².